The number of benzene rings is 2. The highest BCUT2D eigenvalue weighted by Crippen LogP contribution is 2.30. The van der Waals surface area contributed by atoms with Crippen LogP contribution in [-0.4, -0.2) is 37.3 Å². The average Bonchev–Trinajstić information content (AvgIpc) is 2.98. The van der Waals surface area contributed by atoms with Gasteiger partial charge in [-0.15, -0.1) is 10.2 Å². The molecular formula is C20H19BrClN5O. The molecule has 28 heavy (non-hydrogen) atoms. The van der Waals surface area contributed by atoms with E-state index in [1.807, 2.05) is 54.0 Å². The summed E-state index contributed by atoms with van der Waals surface area (Å²) in [5.74, 6) is 1.40. The van der Waals surface area contributed by atoms with Crippen LogP contribution in [0.15, 0.2) is 51.9 Å². The minimum Gasteiger partial charge on any atom is -0.314 e. The van der Waals surface area contributed by atoms with Crippen LogP contribution in [0.5, 0.6) is 0 Å². The van der Waals surface area contributed by atoms with Crippen LogP contribution in [0.2, 0.25) is 5.02 Å². The summed E-state index contributed by atoms with van der Waals surface area (Å²) < 4.78 is 2.92. The van der Waals surface area contributed by atoms with Crippen LogP contribution in [0.25, 0.3) is 5.69 Å². The zero-order chi connectivity index (χ0) is 19.7. The number of aliphatic imine (C=N–C) groups is 1. The van der Waals surface area contributed by atoms with Gasteiger partial charge in [0.1, 0.15) is 6.54 Å². The first-order valence-electron chi connectivity index (χ1n) is 9.05. The van der Waals surface area contributed by atoms with Crippen LogP contribution < -0.4 is 0 Å². The molecule has 0 atom stereocenters. The van der Waals surface area contributed by atoms with E-state index >= 15 is 0 Å². The van der Waals surface area contributed by atoms with Crippen molar-refractivity contribution in [3.05, 3.63) is 74.7 Å². The Morgan fingerprint density at radius 1 is 1.18 bits per heavy atom. The molecule has 1 aliphatic heterocycles. The number of rotatable bonds is 5. The van der Waals surface area contributed by atoms with Crippen molar-refractivity contribution in [1.29, 1.82) is 0 Å². The van der Waals surface area contributed by atoms with E-state index in [0.717, 1.165) is 39.2 Å². The predicted octanol–water partition coefficient (Wildman–Crippen LogP) is 4.64. The Morgan fingerprint density at radius 2 is 2.00 bits per heavy atom. The topological polar surface area (TPSA) is 66.5 Å². The fourth-order valence-corrected chi connectivity index (χ4v) is 3.93. The Hall–Kier alpha value is -2.06. The Bertz CT molecular complexity index is 1050. The van der Waals surface area contributed by atoms with Crippen molar-refractivity contribution in [3.8, 4) is 5.69 Å². The van der Waals surface area contributed by atoms with Gasteiger partial charge in [-0.3, -0.25) is 9.56 Å². The Labute approximate surface area is 176 Å². The van der Waals surface area contributed by atoms with Gasteiger partial charge in [0, 0.05) is 27.2 Å². The van der Waals surface area contributed by atoms with Gasteiger partial charge < -0.3 is 5.21 Å². The van der Waals surface area contributed by atoms with Gasteiger partial charge >= 0.3 is 0 Å². The number of hydrogen-bond donors (Lipinski definition) is 1. The fraction of sp³-hybridized carbons (Fsp3) is 0.250. The summed E-state index contributed by atoms with van der Waals surface area (Å²) >= 11 is 10.0. The number of hydroxylamine groups is 2. The van der Waals surface area contributed by atoms with Crippen molar-refractivity contribution in [2.75, 3.05) is 6.54 Å². The van der Waals surface area contributed by atoms with Crippen molar-refractivity contribution in [2.45, 2.75) is 26.4 Å². The molecule has 0 fully saturated rings. The van der Waals surface area contributed by atoms with Crippen LogP contribution in [0, 0.1) is 0 Å². The molecule has 0 radical (unpaired) electrons. The zero-order valence-electron chi connectivity index (χ0n) is 15.3. The summed E-state index contributed by atoms with van der Waals surface area (Å²) in [5.41, 5.74) is 3.54. The summed E-state index contributed by atoms with van der Waals surface area (Å²) in [4.78, 5) is 4.82. The highest BCUT2D eigenvalue weighted by molar-refractivity contribution is 9.10. The minimum absolute atomic E-state index is 0.289. The van der Waals surface area contributed by atoms with Gasteiger partial charge in [0.15, 0.2) is 11.6 Å². The molecule has 0 unspecified atom stereocenters. The van der Waals surface area contributed by atoms with E-state index in [2.05, 4.69) is 26.1 Å². The first-order chi connectivity index (χ1) is 13.6. The minimum atomic E-state index is 0.289. The zero-order valence-corrected chi connectivity index (χ0v) is 17.7. The summed E-state index contributed by atoms with van der Waals surface area (Å²) in [6.45, 7) is 3.25. The molecule has 0 aliphatic carbocycles. The smallest absolute Gasteiger partial charge is 0.159 e. The lowest BCUT2D eigenvalue weighted by Gasteiger charge is -2.17. The normalized spacial score (nSPS) is 13.1. The molecule has 1 aromatic heterocycles. The molecule has 2 heterocycles. The maximum absolute atomic E-state index is 10.1. The number of aromatic nitrogens is 3. The maximum atomic E-state index is 10.1. The van der Waals surface area contributed by atoms with Crippen molar-refractivity contribution >= 4 is 33.2 Å². The summed E-state index contributed by atoms with van der Waals surface area (Å²) in [6, 6.07) is 13.7. The summed E-state index contributed by atoms with van der Waals surface area (Å²) in [5, 5.41) is 20.7. The van der Waals surface area contributed by atoms with Crippen molar-refractivity contribution in [3.63, 3.8) is 0 Å². The molecule has 0 amide bonds. The SMILES string of the molecule is CCCN(O)Cc1nnc2n1-c1ccc(Br)cc1C(c1ccccc1Cl)=NC2. The van der Waals surface area contributed by atoms with Crippen molar-refractivity contribution < 1.29 is 5.21 Å². The molecule has 3 aromatic rings. The summed E-state index contributed by atoms with van der Waals surface area (Å²) in [7, 11) is 0. The first kappa shape index (κ1) is 19.3. The van der Waals surface area contributed by atoms with Gasteiger partial charge in [-0.2, -0.15) is 5.06 Å². The Kier molecular flexibility index (Phi) is 5.59. The highest BCUT2D eigenvalue weighted by Gasteiger charge is 2.24. The van der Waals surface area contributed by atoms with Crippen LogP contribution in [0.4, 0.5) is 0 Å². The number of fused-ring (bicyclic) bond motifs is 3. The van der Waals surface area contributed by atoms with Gasteiger partial charge in [-0.1, -0.05) is 52.7 Å². The lowest BCUT2D eigenvalue weighted by atomic mass is 10.0. The molecule has 0 bridgehead atoms. The molecule has 8 heteroatoms. The molecule has 2 aromatic carbocycles. The van der Waals surface area contributed by atoms with Crippen LogP contribution in [0.1, 0.15) is 36.1 Å². The standard InChI is InChI=1S/C20H19BrClN5O/c1-2-9-26(28)12-19-25-24-18-11-23-20(14-5-3-4-6-16(14)22)15-10-13(21)7-8-17(15)27(18)19/h3-8,10,28H,2,9,11-12H2,1H3. The van der Waals surface area contributed by atoms with Gasteiger partial charge in [0.25, 0.3) is 0 Å². The first-order valence-corrected chi connectivity index (χ1v) is 10.2. The lowest BCUT2D eigenvalue weighted by Crippen LogP contribution is -2.22. The van der Waals surface area contributed by atoms with Crippen LogP contribution in [0.3, 0.4) is 0 Å². The fourth-order valence-electron chi connectivity index (χ4n) is 3.35. The third-order valence-corrected chi connectivity index (χ3v) is 5.39. The third kappa shape index (κ3) is 3.63. The van der Waals surface area contributed by atoms with E-state index in [4.69, 9.17) is 16.6 Å². The highest BCUT2D eigenvalue weighted by atomic mass is 79.9. The van der Waals surface area contributed by atoms with E-state index in [1.54, 1.807) is 0 Å². The number of nitrogens with zero attached hydrogens (tertiary/aromatic N) is 5. The Balaban J connectivity index is 1.87. The quantitative estimate of drug-likeness (QED) is 0.564. The molecule has 6 nitrogen and oxygen atoms in total. The number of halogens is 2. The van der Waals surface area contributed by atoms with Crippen LogP contribution in [-0.2, 0) is 13.1 Å². The Morgan fingerprint density at radius 3 is 2.79 bits per heavy atom. The molecule has 1 N–H and O–H groups in total. The largest absolute Gasteiger partial charge is 0.314 e. The molecule has 144 valence electrons. The predicted molar refractivity (Wildman–Crippen MR) is 112 cm³/mol. The summed E-state index contributed by atoms with van der Waals surface area (Å²) in [6.07, 6.45) is 0.848. The van der Waals surface area contributed by atoms with Gasteiger partial charge in [-0.25, -0.2) is 0 Å². The number of hydrogen-bond acceptors (Lipinski definition) is 5. The van der Waals surface area contributed by atoms with E-state index in [-0.39, 0.29) is 6.54 Å². The second kappa shape index (κ2) is 8.13. The lowest BCUT2D eigenvalue weighted by molar-refractivity contribution is -0.101. The molecular weight excluding hydrogens is 442 g/mol. The molecule has 4 rings (SSSR count). The van der Waals surface area contributed by atoms with E-state index in [1.165, 1.54) is 5.06 Å². The van der Waals surface area contributed by atoms with Crippen molar-refractivity contribution in [1.82, 2.24) is 19.8 Å². The van der Waals surface area contributed by atoms with Crippen LogP contribution >= 0.6 is 27.5 Å². The van der Waals surface area contributed by atoms with Crippen molar-refractivity contribution in [2.24, 2.45) is 4.99 Å². The van der Waals surface area contributed by atoms with E-state index < -0.39 is 0 Å². The maximum Gasteiger partial charge on any atom is 0.159 e. The molecule has 1 aliphatic rings. The third-order valence-electron chi connectivity index (χ3n) is 4.56. The average molecular weight is 461 g/mol. The van der Waals surface area contributed by atoms with Gasteiger partial charge in [-0.05, 0) is 30.7 Å². The van der Waals surface area contributed by atoms with Gasteiger partial charge in [0.2, 0.25) is 0 Å². The monoisotopic (exact) mass is 459 g/mol. The molecule has 0 saturated carbocycles. The van der Waals surface area contributed by atoms with E-state index in [9.17, 15) is 5.21 Å². The second-order valence-electron chi connectivity index (χ2n) is 6.56. The van der Waals surface area contributed by atoms with E-state index in [0.29, 0.717) is 23.9 Å². The van der Waals surface area contributed by atoms with Gasteiger partial charge in [0.05, 0.1) is 17.9 Å². The molecule has 0 spiro atoms. The molecule has 0 saturated heterocycles. The second-order valence-corrected chi connectivity index (χ2v) is 7.89.